The molecule has 3 N–H and O–H groups in total. The second-order valence-corrected chi connectivity index (χ2v) is 5.19. The van der Waals surface area contributed by atoms with E-state index in [9.17, 15) is 0 Å². The molecule has 0 unspecified atom stereocenters. The zero-order chi connectivity index (χ0) is 13.0. The summed E-state index contributed by atoms with van der Waals surface area (Å²) in [6, 6.07) is 8.57. The zero-order valence-electron chi connectivity index (χ0n) is 11.2. The van der Waals surface area contributed by atoms with Crippen molar-refractivity contribution < 1.29 is 0 Å². The molecular weight excluding hydrogens is 222 g/mol. The lowest BCUT2D eigenvalue weighted by molar-refractivity contribution is 0.553. The molecule has 1 aliphatic rings. The predicted molar refractivity (Wildman–Crippen MR) is 77.4 cm³/mol. The second kappa shape index (κ2) is 5.89. The van der Waals surface area contributed by atoms with E-state index in [2.05, 4.69) is 18.0 Å². The molecule has 2 rings (SSSR count). The molecule has 0 saturated heterocycles. The van der Waals surface area contributed by atoms with Gasteiger partial charge in [-0.15, -0.1) is 0 Å². The first-order valence-electron chi connectivity index (χ1n) is 6.86. The van der Waals surface area contributed by atoms with Gasteiger partial charge in [0.05, 0.1) is 0 Å². The van der Waals surface area contributed by atoms with E-state index in [1.54, 1.807) is 0 Å². The third-order valence-corrected chi connectivity index (χ3v) is 3.95. The van der Waals surface area contributed by atoms with E-state index in [4.69, 9.17) is 11.1 Å². The lowest BCUT2D eigenvalue weighted by atomic mass is 10.0. The quantitative estimate of drug-likeness (QED) is 0.488. The first kappa shape index (κ1) is 12.9. The highest BCUT2D eigenvalue weighted by molar-refractivity contribution is 6.00. The maximum Gasteiger partial charge on any atom is 0.124 e. The Hall–Kier alpha value is -1.51. The monoisotopic (exact) mass is 245 g/mol. The molecule has 0 aliphatic heterocycles. The number of nitrogen functional groups attached to an aromatic ring is 1. The molecular formula is C15H23N3. The molecule has 1 aromatic carbocycles. The fraction of sp³-hybridized carbons (Fsp3) is 0.533. The van der Waals surface area contributed by atoms with Crippen molar-refractivity contribution in [1.29, 1.82) is 5.41 Å². The van der Waals surface area contributed by atoms with Gasteiger partial charge in [0.25, 0.3) is 0 Å². The van der Waals surface area contributed by atoms with Crippen molar-refractivity contribution in [3.8, 4) is 0 Å². The van der Waals surface area contributed by atoms with Crippen molar-refractivity contribution >= 4 is 11.5 Å². The number of hydrogen-bond acceptors (Lipinski definition) is 2. The summed E-state index contributed by atoms with van der Waals surface area (Å²) in [6.07, 6.45) is 7.86. The molecule has 98 valence electrons. The van der Waals surface area contributed by atoms with E-state index in [0.717, 1.165) is 11.3 Å². The molecule has 0 aromatic heterocycles. The summed E-state index contributed by atoms with van der Waals surface area (Å²) in [5.41, 5.74) is 7.61. The smallest absolute Gasteiger partial charge is 0.124 e. The molecule has 0 bridgehead atoms. The number of anilines is 1. The third-order valence-electron chi connectivity index (χ3n) is 3.95. The summed E-state index contributed by atoms with van der Waals surface area (Å²) in [5.74, 6) is 0.158. The average molecular weight is 245 g/mol. The number of amidine groups is 1. The highest BCUT2D eigenvalue weighted by Gasteiger charge is 2.19. The number of nitrogens with one attached hydrogen (secondary N) is 1. The van der Waals surface area contributed by atoms with Crippen LogP contribution in [0.1, 0.15) is 44.1 Å². The van der Waals surface area contributed by atoms with Gasteiger partial charge in [0.1, 0.15) is 5.84 Å². The highest BCUT2D eigenvalue weighted by Crippen LogP contribution is 2.27. The van der Waals surface area contributed by atoms with Gasteiger partial charge in [0.15, 0.2) is 0 Å². The first-order valence-corrected chi connectivity index (χ1v) is 6.86. The topological polar surface area (TPSA) is 53.1 Å². The normalized spacial score (nSPS) is 17.2. The number of para-hydroxylation sites is 1. The molecule has 1 fully saturated rings. The average Bonchev–Trinajstić information content (AvgIpc) is 2.66. The Kier molecular flexibility index (Phi) is 4.24. The van der Waals surface area contributed by atoms with Gasteiger partial charge >= 0.3 is 0 Å². The molecule has 0 atom stereocenters. The Morgan fingerprint density at radius 1 is 1.17 bits per heavy atom. The standard InChI is InChI=1S/C15H23N3/c1-18(12-8-4-2-3-5-9-12)14-11-7-6-10-13(14)15(16)17/h6-7,10-12H,2-5,8-9H2,1H3,(H3,16,17). The Bertz CT molecular complexity index is 406. The van der Waals surface area contributed by atoms with E-state index in [-0.39, 0.29) is 5.84 Å². The summed E-state index contributed by atoms with van der Waals surface area (Å²) >= 11 is 0. The van der Waals surface area contributed by atoms with Crippen LogP contribution in [-0.2, 0) is 0 Å². The minimum Gasteiger partial charge on any atom is -0.384 e. The van der Waals surface area contributed by atoms with Gasteiger partial charge in [-0.3, -0.25) is 5.41 Å². The van der Waals surface area contributed by atoms with Gasteiger partial charge in [0.2, 0.25) is 0 Å². The van der Waals surface area contributed by atoms with Crippen LogP contribution >= 0.6 is 0 Å². The van der Waals surface area contributed by atoms with Crippen LogP contribution in [-0.4, -0.2) is 18.9 Å². The zero-order valence-corrected chi connectivity index (χ0v) is 11.2. The number of benzene rings is 1. The summed E-state index contributed by atoms with van der Waals surface area (Å²) in [5, 5.41) is 7.68. The fourth-order valence-corrected chi connectivity index (χ4v) is 2.85. The summed E-state index contributed by atoms with van der Waals surface area (Å²) in [4.78, 5) is 2.32. The molecule has 0 heterocycles. The van der Waals surface area contributed by atoms with E-state index in [1.807, 2.05) is 18.2 Å². The molecule has 3 nitrogen and oxygen atoms in total. The van der Waals surface area contributed by atoms with E-state index < -0.39 is 0 Å². The van der Waals surface area contributed by atoms with Crippen LogP contribution in [0, 0.1) is 5.41 Å². The minimum atomic E-state index is 0.158. The van der Waals surface area contributed by atoms with E-state index in [1.165, 1.54) is 38.5 Å². The van der Waals surface area contributed by atoms with Gasteiger partial charge in [-0.25, -0.2) is 0 Å². The van der Waals surface area contributed by atoms with Crippen LogP contribution in [0.2, 0.25) is 0 Å². The second-order valence-electron chi connectivity index (χ2n) is 5.19. The summed E-state index contributed by atoms with van der Waals surface area (Å²) in [7, 11) is 2.14. The van der Waals surface area contributed by atoms with Gasteiger partial charge < -0.3 is 10.6 Å². The third kappa shape index (κ3) is 2.84. The van der Waals surface area contributed by atoms with Gasteiger partial charge in [0, 0.05) is 24.3 Å². The SMILES string of the molecule is CN(c1ccccc1C(=N)N)C1CCCCCC1. The van der Waals surface area contributed by atoms with E-state index in [0.29, 0.717) is 6.04 Å². The molecule has 3 heteroatoms. The van der Waals surface area contributed by atoms with Crippen LogP contribution in [0.15, 0.2) is 24.3 Å². The molecule has 0 amide bonds. The van der Waals surface area contributed by atoms with Gasteiger partial charge in [-0.2, -0.15) is 0 Å². The van der Waals surface area contributed by atoms with Crippen molar-refractivity contribution in [3.63, 3.8) is 0 Å². The van der Waals surface area contributed by atoms with Crippen molar-refractivity contribution in [2.75, 3.05) is 11.9 Å². The van der Waals surface area contributed by atoms with Crippen molar-refractivity contribution in [1.82, 2.24) is 0 Å². The van der Waals surface area contributed by atoms with Crippen molar-refractivity contribution in [2.24, 2.45) is 5.73 Å². The van der Waals surface area contributed by atoms with Crippen LogP contribution < -0.4 is 10.6 Å². The first-order chi connectivity index (χ1) is 8.70. The molecule has 1 aliphatic carbocycles. The molecule has 1 saturated carbocycles. The Morgan fingerprint density at radius 3 is 2.39 bits per heavy atom. The van der Waals surface area contributed by atoms with Gasteiger partial charge in [-0.05, 0) is 25.0 Å². The summed E-state index contributed by atoms with van der Waals surface area (Å²) < 4.78 is 0. The van der Waals surface area contributed by atoms with Crippen molar-refractivity contribution in [3.05, 3.63) is 29.8 Å². The largest absolute Gasteiger partial charge is 0.384 e. The lowest BCUT2D eigenvalue weighted by Crippen LogP contribution is -2.32. The minimum absolute atomic E-state index is 0.158. The number of nitrogens with zero attached hydrogens (tertiary/aromatic N) is 1. The van der Waals surface area contributed by atoms with Crippen LogP contribution in [0.5, 0.6) is 0 Å². The highest BCUT2D eigenvalue weighted by atomic mass is 15.1. The van der Waals surface area contributed by atoms with Crippen LogP contribution in [0.3, 0.4) is 0 Å². The maximum absolute atomic E-state index is 7.68. The number of hydrogen-bond donors (Lipinski definition) is 2. The maximum atomic E-state index is 7.68. The number of rotatable bonds is 3. The fourth-order valence-electron chi connectivity index (χ4n) is 2.85. The van der Waals surface area contributed by atoms with E-state index >= 15 is 0 Å². The van der Waals surface area contributed by atoms with Gasteiger partial charge in [-0.1, -0.05) is 37.8 Å². The lowest BCUT2D eigenvalue weighted by Gasteiger charge is -2.30. The Balaban J connectivity index is 2.21. The predicted octanol–water partition coefficient (Wildman–Crippen LogP) is 3.13. The molecule has 18 heavy (non-hydrogen) atoms. The molecule has 1 aromatic rings. The molecule has 0 spiro atoms. The Morgan fingerprint density at radius 2 is 1.78 bits per heavy atom. The van der Waals surface area contributed by atoms with Crippen molar-refractivity contribution in [2.45, 2.75) is 44.6 Å². The Labute approximate surface area is 109 Å². The van der Waals surface area contributed by atoms with Crippen LogP contribution in [0.4, 0.5) is 5.69 Å². The number of nitrogens with two attached hydrogens (primary N) is 1. The van der Waals surface area contributed by atoms with Crippen LogP contribution in [0.25, 0.3) is 0 Å². The summed E-state index contributed by atoms with van der Waals surface area (Å²) in [6.45, 7) is 0. The molecule has 0 radical (unpaired) electrons.